The molecule has 0 spiro atoms. The normalized spacial score (nSPS) is 15.0. The second-order valence-electron chi connectivity index (χ2n) is 5.15. The van der Waals surface area contributed by atoms with Gasteiger partial charge in [-0.05, 0) is 52.1 Å². The fourth-order valence-corrected chi connectivity index (χ4v) is 1.80. The first-order valence-corrected chi connectivity index (χ1v) is 9.57. The molecule has 0 radical (unpaired) electrons. The molecule has 0 saturated carbocycles. The van der Waals surface area contributed by atoms with E-state index < -0.39 is 0 Å². The van der Waals surface area contributed by atoms with Gasteiger partial charge >= 0.3 is 0 Å². The summed E-state index contributed by atoms with van der Waals surface area (Å²) < 4.78 is 0. The Bertz CT molecular complexity index is 212. The van der Waals surface area contributed by atoms with Crippen LogP contribution in [0, 0.1) is 0 Å². The van der Waals surface area contributed by atoms with Gasteiger partial charge in [-0.1, -0.05) is 12.8 Å². The Morgan fingerprint density at radius 1 is 0.517 bits per heavy atom. The summed E-state index contributed by atoms with van der Waals surface area (Å²) in [6.07, 6.45) is 10.8. The van der Waals surface area contributed by atoms with Crippen molar-refractivity contribution in [2.45, 2.75) is 53.4 Å². The SMILES string of the molecule is C1C[N-]CCCNCCCNCCCNC1.C[C-]=O.C[C-]=O.C[C-]=O.C[C-]=O.[Ti]. The Kier molecular flexibility index (Phi) is 67.8. The number of carbonyl (C=O) groups excluding carboxylic acids is 4. The third-order valence-electron chi connectivity index (χ3n) is 2.75. The zero-order chi connectivity index (χ0) is 22.1. The van der Waals surface area contributed by atoms with Crippen LogP contribution in [-0.4, -0.2) is 77.5 Å². The van der Waals surface area contributed by atoms with Gasteiger partial charge in [-0.15, -0.1) is 13.1 Å². The predicted molar refractivity (Wildman–Crippen MR) is 116 cm³/mol. The first-order chi connectivity index (χ1) is 13.7. The predicted octanol–water partition coefficient (Wildman–Crippen LogP) is 1.16. The third kappa shape index (κ3) is 74.7. The van der Waals surface area contributed by atoms with Gasteiger partial charge in [-0.2, -0.15) is 27.7 Å². The van der Waals surface area contributed by atoms with Crippen LogP contribution in [0.5, 0.6) is 0 Å². The monoisotopic (exact) mass is 447 g/mol. The molecule has 0 aliphatic carbocycles. The summed E-state index contributed by atoms with van der Waals surface area (Å²) in [5.74, 6) is 0. The first-order valence-electron chi connectivity index (χ1n) is 9.57. The second kappa shape index (κ2) is 50.7. The van der Waals surface area contributed by atoms with E-state index in [0.29, 0.717) is 0 Å². The van der Waals surface area contributed by atoms with Crippen LogP contribution in [0.25, 0.3) is 5.32 Å². The number of hydrogen-bond acceptors (Lipinski definition) is 7. The first kappa shape index (κ1) is 38.8. The van der Waals surface area contributed by atoms with Crippen LogP contribution < -0.4 is 16.0 Å². The van der Waals surface area contributed by atoms with Gasteiger partial charge in [-0.25, -0.2) is 0 Å². The van der Waals surface area contributed by atoms with E-state index in [1.807, 2.05) is 0 Å². The van der Waals surface area contributed by atoms with Gasteiger partial charge in [0.1, 0.15) is 0 Å². The largest absolute Gasteiger partial charge is 0.662 e. The molecular formula is C20H39N4O4Ti-5. The Labute approximate surface area is 193 Å². The minimum absolute atomic E-state index is 0. The molecule has 9 heteroatoms. The van der Waals surface area contributed by atoms with E-state index >= 15 is 0 Å². The van der Waals surface area contributed by atoms with Crippen molar-refractivity contribution in [3.8, 4) is 0 Å². The van der Waals surface area contributed by atoms with Crippen molar-refractivity contribution < 1.29 is 40.9 Å². The number of nitrogens with zero attached hydrogens (tertiary/aromatic N) is 1. The molecule has 0 aromatic heterocycles. The van der Waals surface area contributed by atoms with E-state index in [0.717, 1.165) is 52.4 Å². The molecule has 0 unspecified atom stereocenters. The summed E-state index contributed by atoms with van der Waals surface area (Å²) in [5, 5.41) is 14.9. The molecule has 0 aromatic rings. The fourth-order valence-electron chi connectivity index (χ4n) is 1.80. The Balaban J connectivity index is -0.000000123. The molecule has 1 fully saturated rings. The van der Waals surface area contributed by atoms with Crippen LogP contribution in [0.3, 0.4) is 0 Å². The number of nitrogens with one attached hydrogen (secondary N) is 3. The molecular weight excluding hydrogens is 408 g/mol. The summed E-state index contributed by atoms with van der Waals surface area (Å²) in [5.41, 5.74) is 0. The van der Waals surface area contributed by atoms with E-state index in [1.54, 1.807) is 0 Å². The Morgan fingerprint density at radius 2 is 0.724 bits per heavy atom. The number of hydrogen-bond donors (Lipinski definition) is 3. The fraction of sp³-hybridized carbons (Fsp3) is 0.800. The van der Waals surface area contributed by atoms with Crippen molar-refractivity contribution in [1.82, 2.24) is 16.0 Å². The van der Waals surface area contributed by atoms with E-state index in [-0.39, 0.29) is 21.7 Å². The molecule has 8 nitrogen and oxygen atoms in total. The molecule has 0 amide bonds. The second-order valence-corrected chi connectivity index (χ2v) is 5.15. The zero-order valence-corrected chi connectivity index (χ0v) is 20.1. The van der Waals surface area contributed by atoms with Crippen LogP contribution in [0.15, 0.2) is 0 Å². The molecule has 0 aromatic carbocycles. The van der Waals surface area contributed by atoms with E-state index in [1.165, 1.54) is 78.5 Å². The number of rotatable bonds is 0. The smallest absolute Gasteiger partial charge is 0 e. The van der Waals surface area contributed by atoms with E-state index in [2.05, 4.69) is 21.3 Å². The maximum absolute atomic E-state index is 8.68. The van der Waals surface area contributed by atoms with Gasteiger partial charge in [0.05, 0.1) is 0 Å². The standard InChI is InChI=1S/C12H27N4.4C2H3O.Ti/c1-5-13-7-2-9-15-11-4-12-16-10-3-8-14-6-1;4*1-2-3;/h13-15H,1-12H2;4*1H3;/q5*-1;. The zero-order valence-electron chi connectivity index (χ0n) is 18.6. The van der Waals surface area contributed by atoms with Crippen LogP contribution >= 0.6 is 0 Å². The molecule has 3 N–H and O–H groups in total. The molecule has 29 heavy (non-hydrogen) atoms. The van der Waals surface area contributed by atoms with Crippen molar-refractivity contribution in [1.29, 1.82) is 0 Å². The van der Waals surface area contributed by atoms with Crippen molar-refractivity contribution in [3.63, 3.8) is 0 Å². The molecule has 0 atom stereocenters. The van der Waals surface area contributed by atoms with Gasteiger partial charge in [0.15, 0.2) is 0 Å². The van der Waals surface area contributed by atoms with Crippen molar-refractivity contribution in [2.24, 2.45) is 0 Å². The molecule has 1 rings (SSSR count). The van der Waals surface area contributed by atoms with Gasteiger partial charge in [0, 0.05) is 21.7 Å². The van der Waals surface area contributed by atoms with Gasteiger partial charge in [-0.3, -0.25) is 25.1 Å². The summed E-state index contributed by atoms with van der Waals surface area (Å²) in [6.45, 7) is 14.1. The minimum atomic E-state index is 0. The van der Waals surface area contributed by atoms with E-state index in [4.69, 9.17) is 19.2 Å². The maximum atomic E-state index is 8.68. The van der Waals surface area contributed by atoms with Gasteiger partial charge < -0.3 is 40.4 Å². The van der Waals surface area contributed by atoms with Crippen molar-refractivity contribution in [2.75, 3.05) is 52.4 Å². The molecule has 1 saturated heterocycles. The summed E-state index contributed by atoms with van der Waals surface area (Å²) in [4.78, 5) is 34.7. The van der Waals surface area contributed by atoms with E-state index in [9.17, 15) is 0 Å². The van der Waals surface area contributed by atoms with Crippen LogP contribution in [0.4, 0.5) is 0 Å². The molecule has 1 aliphatic heterocycles. The van der Waals surface area contributed by atoms with Crippen LogP contribution in [-0.2, 0) is 40.9 Å². The van der Waals surface area contributed by atoms with Gasteiger partial charge in [0.25, 0.3) is 0 Å². The van der Waals surface area contributed by atoms with Crippen LogP contribution in [0.2, 0.25) is 0 Å². The topological polar surface area (TPSA) is 118 Å². The minimum Gasteiger partial charge on any atom is -0.662 e. The average Bonchev–Trinajstić information content (AvgIpc) is 2.65. The summed E-state index contributed by atoms with van der Waals surface area (Å²) in [6, 6.07) is 0. The van der Waals surface area contributed by atoms with Crippen LogP contribution in [0.1, 0.15) is 53.4 Å². The molecule has 1 aliphatic rings. The van der Waals surface area contributed by atoms with Crippen molar-refractivity contribution >= 4 is 25.1 Å². The van der Waals surface area contributed by atoms with Crippen molar-refractivity contribution in [3.05, 3.63) is 5.32 Å². The maximum Gasteiger partial charge on any atom is 0 e. The third-order valence-corrected chi connectivity index (χ3v) is 2.75. The summed E-state index contributed by atoms with van der Waals surface area (Å²) >= 11 is 0. The quantitative estimate of drug-likeness (QED) is 0.377. The average molecular weight is 447 g/mol. The molecule has 1 heterocycles. The van der Waals surface area contributed by atoms with Gasteiger partial charge in [0.2, 0.25) is 0 Å². The molecule has 0 bridgehead atoms. The molecule has 172 valence electrons. The Morgan fingerprint density at radius 3 is 0.966 bits per heavy atom. The summed E-state index contributed by atoms with van der Waals surface area (Å²) in [7, 11) is 0. The Hall–Kier alpha value is -0.766.